The summed E-state index contributed by atoms with van der Waals surface area (Å²) in [6.45, 7) is 0.582. The van der Waals surface area contributed by atoms with Crippen LogP contribution < -0.4 is 11.1 Å². The smallest absolute Gasteiger partial charge is 0.227 e. The van der Waals surface area contributed by atoms with E-state index >= 15 is 0 Å². The first-order valence-corrected chi connectivity index (χ1v) is 7.53. The molecule has 1 aromatic carbocycles. The Labute approximate surface area is 126 Å². The maximum absolute atomic E-state index is 12.2. The summed E-state index contributed by atoms with van der Waals surface area (Å²) in [6, 6.07) is 5.61. The number of hydrogen-bond acceptors (Lipinski definition) is 2. The van der Waals surface area contributed by atoms with Crippen LogP contribution >= 0.6 is 34.2 Å². The molecular weight excluding hydrogens is 363 g/mol. The monoisotopic (exact) mass is 378 g/mol. The van der Waals surface area contributed by atoms with E-state index in [1.807, 2.05) is 18.2 Å². The van der Waals surface area contributed by atoms with Crippen molar-refractivity contribution in [2.45, 2.75) is 19.3 Å². The second-order valence-electron chi connectivity index (χ2n) is 4.65. The molecule has 3 nitrogen and oxygen atoms in total. The number of rotatable bonds is 3. The molecule has 3 N–H and O–H groups in total. The van der Waals surface area contributed by atoms with E-state index < -0.39 is 0 Å². The molecule has 1 aromatic rings. The number of carbonyl (C=O) groups excluding carboxylic acids is 1. The first-order valence-electron chi connectivity index (χ1n) is 6.08. The van der Waals surface area contributed by atoms with Gasteiger partial charge in [0.05, 0.1) is 10.7 Å². The van der Waals surface area contributed by atoms with Crippen molar-refractivity contribution >= 4 is 45.8 Å². The lowest BCUT2D eigenvalue weighted by Gasteiger charge is -2.17. The van der Waals surface area contributed by atoms with Crippen molar-refractivity contribution in [2.24, 2.45) is 17.6 Å². The van der Waals surface area contributed by atoms with Crippen LogP contribution in [0.25, 0.3) is 0 Å². The van der Waals surface area contributed by atoms with Crippen molar-refractivity contribution in [1.29, 1.82) is 0 Å². The molecular formula is C13H16ClIN2O. The highest BCUT2D eigenvalue weighted by molar-refractivity contribution is 14.1. The van der Waals surface area contributed by atoms with Crippen LogP contribution in [0.1, 0.15) is 19.3 Å². The minimum atomic E-state index is 0.0327. The summed E-state index contributed by atoms with van der Waals surface area (Å²) in [5, 5.41) is 3.49. The molecule has 0 bridgehead atoms. The van der Waals surface area contributed by atoms with Crippen LogP contribution in [-0.4, -0.2) is 12.5 Å². The summed E-state index contributed by atoms with van der Waals surface area (Å²) < 4.78 is 1.05. The second-order valence-corrected chi connectivity index (χ2v) is 6.30. The van der Waals surface area contributed by atoms with Gasteiger partial charge >= 0.3 is 0 Å². The fourth-order valence-electron chi connectivity index (χ4n) is 2.48. The molecule has 5 heteroatoms. The Hall–Kier alpha value is -0.330. The van der Waals surface area contributed by atoms with E-state index in [2.05, 4.69) is 27.9 Å². The predicted molar refractivity (Wildman–Crippen MR) is 82.7 cm³/mol. The van der Waals surface area contributed by atoms with Crippen molar-refractivity contribution in [1.82, 2.24) is 0 Å². The Bertz CT molecular complexity index is 453. The lowest BCUT2D eigenvalue weighted by molar-refractivity contribution is -0.120. The Morgan fingerprint density at radius 3 is 2.94 bits per heavy atom. The molecule has 1 amide bonds. The minimum absolute atomic E-state index is 0.0327. The molecule has 1 aliphatic rings. The average molecular weight is 379 g/mol. The first kappa shape index (κ1) is 14.1. The van der Waals surface area contributed by atoms with E-state index in [1.165, 1.54) is 0 Å². The number of nitrogens with two attached hydrogens (primary N) is 1. The molecule has 0 aromatic heterocycles. The van der Waals surface area contributed by atoms with Crippen molar-refractivity contribution in [2.75, 3.05) is 11.9 Å². The van der Waals surface area contributed by atoms with Gasteiger partial charge in [0.1, 0.15) is 0 Å². The number of carbonyl (C=O) groups is 1. The number of nitrogens with one attached hydrogen (secondary N) is 1. The summed E-state index contributed by atoms with van der Waals surface area (Å²) in [7, 11) is 0. The second kappa shape index (κ2) is 6.21. The highest BCUT2D eigenvalue weighted by atomic mass is 127. The predicted octanol–water partition coefficient (Wildman–Crippen LogP) is 3.26. The third kappa shape index (κ3) is 3.16. The Morgan fingerprint density at radius 1 is 1.50 bits per heavy atom. The number of anilines is 1. The number of benzene rings is 1. The Balaban J connectivity index is 2.07. The Morgan fingerprint density at radius 2 is 2.28 bits per heavy atom. The normalized spacial score (nSPS) is 23.1. The largest absolute Gasteiger partial charge is 0.330 e. The molecule has 1 aliphatic carbocycles. The summed E-state index contributed by atoms with van der Waals surface area (Å²) in [6.07, 6.45) is 3.06. The topological polar surface area (TPSA) is 55.1 Å². The summed E-state index contributed by atoms with van der Waals surface area (Å²) in [4.78, 5) is 12.2. The van der Waals surface area contributed by atoms with E-state index in [1.54, 1.807) is 0 Å². The van der Waals surface area contributed by atoms with Gasteiger partial charge in [0.25, 0.3) is 0 Å². The van der Waals surface area contributed by atoms with Crippen LogP contribution in [0.3, 0.4) is 0 Å². The van der Waals surface area contributed by atoms with Crippen molar-refractivity contribution in [3.8, 4) is 0 Å². The van der Waals surface area contributed by atoms with Crippen LogP contribution in [0.4, 0.5) is 5.69 Å². The highest BCUT2D eigenvalue weighted by Gasteiger charge is 2.32. The zero-order valence-corrected chi connectivity index (χ0v) is 12.9. The van der Waals surface area contributed by atoms with Gasteiger partial charge in [-0.1, -0.05) is 18.0 Å². The van der Waals surface area contributed by atoms with E-state index in [9.17, 15) is 4.79 Å². The van der Waals surface area contributed by atoms with Gasteiger partial charge in [-0.15, -0.1) is 0 Å². The molecule has 2 unspecified atom stereocenters. The molecule has 18 heavy (non-hydrogen) atoms. The van der Waals surface area contributed by atoms with E-state index in [-0.39, 0.29) is 11.8 Å². The maximum atomic E-state index is 12.2. The van der Waals surface area contributed by atoms with Gasteiger partial charge < -0.3 is 11.1 Å². The zero-order valence-electron chi connectivity index (χ0n) is 9.96. The van der Waals surface area contributed by atoms with Crippen LogP contribution in [0, 0.1) is 15.4 Å². The summed E-state index contributed by atoms with van der Waals surface area (Å²) in [5.41, 5.74) is 6.38. The summed E-state index contributed by atoms with van der Waals surface area (Å²) in [5.74, 6) is 0.393. The van der Waals surface area contributed by atoms with Crippen molar-refractivity contribution in [3.63, 3.8) is 0 Å². The van der Waals surface area contributed by atoms with Crippen LogP contribution in [0.2, 0.25) is 5.02 Å². The molecule has 2 rings (SSSR count). The lowest BCUT2D eigenvalue weighted by atomic mass is 9.95. The highest BCUT2D eigenvalue weighted by Crippen LogP contribution is 2.33. The average Bonchev–Trinajstić information content (AvgIpc) is 2.81. The van der Waals surface area contributed by atoms with Crippen LogP contribution in [0.15, 0.2) is 18.2 Å². The van der Waals surface area contributed by atoms with E-state index in [0.29, 0.717) is 23.2 Å². The molecule has 0 spiro atoms. The van der Waals surface area contributed by atoms with E-state index in [0.717, 1.165) is 22.8 Å². The minimum Gasteiger partial charge on any atom is -0.330 e. The number of hydrogen-bond donors (Lipinski definition) is 2. The zero-order chi connectivity index (χ0) is 13.1. The molecule has 0 heterocycles. The molecule has 0 radical (unpaired) electrons. The van der Waals surface area contributed by atoms with Gasteiger partial charge in [0.15, 0.2) is 0 Å². The van der Waals surface area contributed by atoms with Gasteiger partial charge in [-0.25, -0.2) is 0 Å². The molecule has 1 fully saturated rings. The first-order chi connectivity index (χ1) is 8.61. The third-order valence-corrected chi connectivity index (χ3v) is 4.47. The molecule has 1 saturated carbocycles. The fraction of sp³-hybridized carbons (Fsp3) is 0.462. The van der Waals surface area contributed by atoms with Crippen LogP contribution in [0.5, 0.6) is 0 Å². The van der Waals surface area contributed by atoms with Crippen molar-refractivity contribution in [3.05, 3.63) is 26.8 Å². The number of halogens is 2. The van der Waals surface area contributed by atoms with Crippen molar-refractivity contribution < 1.29 is 4.79 Å². The Kier molecular flexibility index (Phi) is 4.86. The van der Waals surface area contributed by atoms with Gasteiger partial charge in [0.2, 0.25) is 5.91 Å². The van der Waals surface area contributed by atoms with Gasteiger partial charge in [-0.05, 0) is 66.1 Å². The lowest BCUT2D eigenvalue weighted by Crippen LogP contribution is -2.29. The molecule has 98 valence electrons. The standard InChI is InChI=1S/C13H16ClIN2O/c14-11-6-9(15)4-5-12(11)17-13(18)10-3-1-2-8(10)7-16/h4-6,8,10H,1-3,7,16H2,(H,17,18). The quantitative estimate of drug-likeness (QED) is 0.793. The van der Waals surface area contributed by atoms with Gasteiger partial charge in [0, 0.05) is 9.49 Å². The van der Waals surface area contributed by atoms with Crippen LogP contribution in [-0.2, 0) is 4.79 Å². The number of amides is 1. The molecule has 0 saturated heterocycles. The third-order valence-electron chi connectivity index (χ3n) is 3.49. The molecule has 0 aliphatic heterocycles. The SMILES string of the molecule is NCC1CCCC1C(=O)Nc1ccc(I)cc1Cl. The fourth-order valence-corrected chi connectivity index (χ4v) is 3.38. The van der Waals surface area contributed by atoms with Gasteiger partial charge in [-0.2, -0.15) is 0 Å². The maximum Gasteiger partial charge on any atom is 0.227 e. The van der Waals surface area contributed by atoms with Gasteiger partial charge in [-0.3, -0.25) is 4.79 Å². The summed E-state index contributed by atoms with van der Waals surface area (Å²) >= 11 is 8.30. The molecule has 2 atom stereocenters. The van der Waals surface area contributed by atoms with E-state index in [4.69, 9.17) is 17.3 Å².